The first-order valence-corrected chi connectivity index (χ1v) is 6.69. The van der Waals surface area contributed by atoms with E-state index in [-0.39, 0.29) is 11.4 Å². The van der Waals surface area contributed by atoms with Crippen molar-refractivity contribution in [2.45, 2.75) is 18.6 Å². The lowest BCUT2D eigenvalue weighted by Crippen LogP contribution is -2.23. The van der Waals surface area contributed by atoms with Crippen LogP contribution in [-0.2, 0) is 6.54 Å². The van der Waals surface area contributed by atoms with E-state index in [9.17, 15) is 9.18 Å². The van der Waals surface area contributed by atoms with Gasteiger partial charge in [0, 0.05) is 11.8 Å². The van der Waals surface area contributed by atoms with Crippen molar-refractivity contribution in [1.29, 1.82) is 0 Å². The second kappa shape index (κ2) is 5.35. The number of rotatable bonds is 3. The molecule has 0 saturated heterocycles. The first kappa shape index (κ1) is 12.8. The summed E-state index contributed by atoms with van der Waals surface area (Å²) in [5.74, 6) is -0.279. The van der Waals surface area contributed by atoms with Gasteiger partial charge in [-0.3, -0.25) is 9.36 Å². The lowest BCUT2D eigenvalue weighted by atomic mass is 10.2. The molecule has 0 atom stereocenters. The molecule has 1 heterocycles. The van der Waals surface area contributed by atoms with E-state index in [1.54, 1.807) is 23.6 Å². The number of benzene rings is 1. The number of aromatic nitrogens is 2. The van der Waals surface area contributed by atoms with Crippen LogP contribution in [0.25, 0.3) is 0 Å². The van der Waals surface area contributed by atoms with Gasteiger partial charge in [-0.15, -0.1) is 0 Å². The van der Waals surface area contributed by atoms with E-state index >= 15 is 0 Å². The monoisotopic (exact) mass is 264 g/mol. The number of hydrogen-bond donors (Lipinski definition) is 0. The Labute approximate surface area is 109 Å². The fraction of sp³-hybridized carbons (Fsp3) is 0.231. The Hall–Kier alpha value is -1.62. The molecule has 0 aliphatic carbocycles. The fourth-order valence-corrected chi connectivity index (χ4v) is 2.28. The van der Waals surface area contributed by atoms with E-state index in [0.717, 1.165) is 5.56 Å². The van der Waals surface area contributed by atoms with Crippen LogP contribution in [0.2, 0.25) is 0 Å². The molecule has 2 aromatic rings. The highest BCUT2D eigenvalue weighted by Gasteiger charge is 2.06. The summed E-state index contributed by atoms with van der Waals surface area (Å²) in [5.41, 5.74) is 1.50. The molecule has 0 aliphatic rings. The average molecular weight is 264 g/mol. The Morgan fingerprint density at radius 1 is 1.33 bits per heavy atom. The first-order chi connectivity index (χ1) is 8.60. The zero-order valence-electron chi connectivity index (χ0n) is 10.2. The summed E-state index contributed by atoms with van der Waals surface area (Å²) < 4.78 is 14.4. The van der Waals surface area contributed by atoms with Crippen LogP contribution in [0.4, 0.5) is 4.39 Å². The minimum absolute atomic E-state index is 0.0869. The number of halogens is 1. The molecular weight excluding hydrogens is 251 g/mol. The van der Waals surface area contributed by atoms with Gasteiger partial charge >= 0.3 is 0 Å². The third-order valence-corrected chi connectivity index (χ3v) is 3.21. The summed E-state index contributed by atoms with van der Waals surface area (Å²) in [6.07, 6.45) is 1.88. The van der Waals surface area contributed by atoms with Crippen LogP contribution < -0.4 is 5.56 Å². The lowest BCUT2D eigenvalue weighted by Gasteiger charge is -2.10. The summed E-state index contributed by atoms with van der Waals surface area (Å²) in [6.45, 7) is 2.20. The molecule has 94 valence electrons. The van der Waals surface area contributed by atoms with Gasteiger partial charge in [-0.05, 0) is 30.9 Å². The molecule has 0 spiro atoms. The molecule has 0 radical (unpaired) electrons. The third kappa shape index (κ3) is 2.79. The highest BCUT2D eigenvalue weighted by atomic mass is 32.2. The third-order valence-electron chi connectivity index (χ3n) is 2.54. The van der Waals surface area contributed by atoms with Crippen molar-refractivity contribution in [3.8, 4) is 0 Å². The van der Waals surface area contributed by atoms with E-state index in [1.165, 1.54) is 30.0 Å². The van der Waals surface area contributed by atoms with Crippen LogP contribution in [0.3, 0.4) is 0 Å². The Morgan fingerprint density at radius 2 is 2.00 bits per heavy atom. The zero-order chi connectivity index (χ0) is 13.1. The minimum atomic E-state index is -0.279. The normalized spacial score (nSPS) is 10.6. The molecule has 0 N–H and O–H groups in total. The number of thioether (sulfide) groups is 1. The van der Waals surface area contributed by atoms with E-state index in [0.29, 0.717) is 17.4 Å². The maximum atomic E-state index is 12.8. The highest BCUT2D eigenvalue weighted by molar-refractivity contribution is 7.98. The quantitative estimate of drug-likeness (QED) is 0.631. The number of aryl methyl sites for hydroxylation is 1. The van der Waals surface area contributed by atoms with Crippen molar-refractivity contribution in [3.63, 3.8) is 0 Å². The molecule has 5 heteroatoms. The maximum absolute atomic E-state index is 12.8. The predicted octanol–water partition coefficient (Wildman–Crippen LogP) is 2.46. The van der Waals surface area contributed by atoms with Gasteiger partial charge in [-0.25, -0.2) is 9.37 Å². The summed E-state index contributed by atoms with van der Waals surface area (Å²) in [7, 11) is 0. The van der Waals surface area contributed by atoms with Crippen molar-refractivity contribution in [2.24, 2.45) is 0 Å². The SMILES string of the molecule is CSc1nc(C)cc(=O)n1Cc1ccc(F)cc1. The summed E-state index contributed by atoms with van der Waals surface area (Å²) in [6, 6.07) is 7.63. The van der Waals surface area contributed by atoms with Crippen LogP contribution in [0.15, 0.2) is 40.3 Å². The Balaban J connectivity index is 2.39. The molecule has 1 aromatic carbocycles. The second-order valence-corrected chi connectivity index (χ2v) is 4.71. The second-order valence-electron chi connectivity index (χ2n) is 3.94. The molecule has 0 saturated carbocycles. The Bertz CT molecular complexity index is 607. The number of nitrogens with zero attached hydrogens (tertiary/aromatic N) is 2. The largest absolute Gasteiger partial charge is 0.283 e. The molecule has 0 unspecified atom stereocenters. The van der Waals surface area contributed by atoms with E-state index in [1.807, 2.05) is 6.26 Å². The number of hydrogen-bond acceptors (Lipinski definition) is 3. The van der Waals surface area contributed by atoms with Crippen molar-refractivity contribution in [3.05, 3.63) is 57.8 Å². The molecule has 0 bridgehead atoms. The topological polar surface area (TPSA) is 34.9 Å². The van der Waals surface area contributed by atoms with E-state index in [2.05, 4.69) is 4.98 Å². The lowest BCUT2D eigenvalue weighted by molar-refractivity contribution is 0.619. The summed E-state index contributed by atoms with van der Waals surface area (Å²) >= 11 is 1.42. The van der Waals surface area contributed by atoms with Gasteiger partial charge in [0.25, 0.3) is 5.56 Å². The van der Waals surface area contributed by atoms with E-state index in [4.69, 9.17) is 0 Å². The Morgan fingerprint density at radius 3 is 2.61 bits per heavy atom. The van der Waals surface area contributed by atoms with Gasteiger partial charge in [-0.1, -0.05) is 23.9 Å². The Kier molecular flexibility index (Phi) is 3.81. The molecule has 2 rings (SSSR count). The van der Waals surface area contributed by atoms with Gasteiger partial charge in [-0.2, -0.15) is 0 Å². The van der Waals surface area contributed by atoms with Crippen LogP contribution in [-0.4, -0.2) is 15.8 Å². The summed E-state index contributed by atoms with van der Waals surface area (Å²) in [5, 5.41) is 0.671. The first-order valence-electron chi connectivity index (χ1n) is 5.47. The molecule has 0 amide bonds. The van der Waals surface area contributed by atoms with E-state index < -0.39 is 0 Å². The van der Waals surface area contributed by atoms with Crippen molar-refractivity contribution < 1.29 is 4.39 Å². The van der Waals surface area contributed by atoms with Gasteiger partial charge < -0.3 is 0 Å². The molecule has 18 heavy (non-hydrogen) atoms. The van der Waals surface area contributed by atoms with Gasteiger partial charge in [0.15, 0.2) is 5.16 Å². The predicted molar refractivity (Wildman–Crippen MR) is 70.5 cm³/mol. The molecular formula is C13H13FN2OS. The standard InChI is InChI=1S/C13H13FN2OS/c1-9-7-12(17)16(13(15-9)18-2)8-10-3-5-11(14)6-4-10/h3-7H,8H2,1-2H3. The summed E-state index contributed by atoms with van der Waals surface area (Å²) in [4.78, 5) is 16.2. The fourth-order valence-electron chi connectivity index (χ4n) is 1.67. The molecule has 3 nitrogen and oxygen atoms in total. The van der Waals surface area contributed by atoms with Crippen molar-refractivity contribution >= 4 is 11.8 Å². The molecule has 0 fully saturated rings. The van der Waals surface area contributed by atoms with Crippen LogP contribution in [0, 0.1) is 12.7 Å². The van der Waals surface area contributed by atoms with Gasteiger partial charge in [0.1, 0.15) is 5.82 Å². The van der Waals surface area contributed by atoms with Crippen molar-refractivity contribution in [2.75, 3.05) is 6.26 Å². The highest BCUT2D eigenvalue weighted by Crippen LogP contribution is 2.12. The minimum Gasteiger partial charge on any atom is -0.283 e. The molecule has 1 aromatic heterocycles. The van der Waals surface area contributed by atoms with Gasteiger partial charge in [0.2, 0.25) is 0 Å². The maximum Gasteiger partial charge on any atom is 0.254 e. The molecule has 0 aliphatic heterocycles. The van der Waals surface area contributed by atoms with Crippen molar-refractivity contribution in [1.82, 2.24) is 9.55 Å². The van der Waals surface area contributed by atoms with Gasteiger partial charge in [0.05, 0.1) is 6.54 Å². The van der Waals surface area contributed by atoms with Crippen LogP contribution >= 0.6 is 11.8 Å². The average Bonchev–Trinajstić information content (AvgIpc) is 2.34. The zero-order valence-corrected chi connectivity index (χ0v) is 11.0. The van der Waals surface area contributed by atoms with Crippen LogP contribution in [0.1, 0.15) is 11.3 Å². The smallest absolute Gasteiger partial charge is 0.254 e. The van der Waals surface area contributed by atoms with Crippen LogP contribution in [0.5, 0.6) is 0 Å².